The molecule has 0 bridgehead atoms. The molecule has 3 aromatic rings. The highest BCUT2D eigenvalue weighted by Crippen LogP contribution is 2.42. The highest BCUT2D eigenvalue weighted by atomic mass is 19.1. The standard InChI is InChI=1S/C31H43FN8O2/c1-18(2)40-24(17-33-39-40)30(41)36-28(27(21-11-7-5-8-12-21)22-13-9-6-10-14-22)31(42)35-25-16-15-23(29(32)34-25)26-19(3)37-38-20(26)4/h15-18,21-22,27-28H,5-14H2,1-4H3,(H,36,41)(H,37,38)(H,34,35,42)/t28-/m0/s1. The van der Waals surface area contributed by atoms with Crippen molar-refractivity contribution in [1.29, 1.82) is 0 Å². The lowest BCUT2D eigenvalue weighted by Gasteiger charge is -2.41. The second kappa shape index (κ2) is 13.1. The molecule has 2 aliphatic carbocycles. The Bertz CT molecular complexity index is 1350. The number of rotatable bonds is 9. The fourth-order valence-corrected chi connectivity index (χ4v) is 7.15. The van der Waals surface area contributed by atoms with Crippen molar-refractivity contribution in [2.75, 3.05) is 5.32 Å². The lowest BCUT2D eigenvalue weighted by Crippen LogP contribution is -2.53. The third kappa shape index (κ3) is 6.39. The molecule has 11 heteroatoms. The summed E-state index contributed by atoms with van der Waals surface area (Å²) in [7, 11) is 0. The van der Waals surface area contributed by atoms with Crippen LogP contribution < -0.4 is 10.6 Å². The van der Waals surface area contributed by atoms with Crippen molar-refractivity contribution in [2.24, 2.45) is 17.8 Å². The van der Waals surface area contributed by atoms with Crippen LogP contribution in [0.5, 0.6) is 0 Å². The summed E-state index contributed by atoms with van der Waals surface area (Å²) < 4.78 is 16.9. The van der Waals surface area contributed by atoms with Crippen molar-refractivity contribution >= 4 is 17.6 Å². The molecule has 3 N–H and O–H groups in total. The van der Waals surface area contributed by atoms with Gasteiger partial charge in [-0.3, -0.25) is 14.7 Å². The van der Waals surface area contributed by atoms with E-state index in [-0.39, 0.29) is 29.6 Å². The predicted molar refractivity (Wildman–Crippen MR) is 158 cm³/mol. The number of aryl methyl sites for hydroxylation is 2. The van der Waals surface area contributed by atoms with Gasteiger partial charge in [-0.15, -0.1) is 5.10 Å². The van der Waals surface area contributed by atoms with Crippen LogP contribution in [0, 0.1) is 37.5 Å². The molecule has 2 amide bonds. The van der Waals surface area contributed by atoms with E-state index in [4.69, 9.17) is 0 Å². The van der Waals surface area contributed by atoms with E-state index >= 15 is 4.39 Å². The molecule has 2 fully saturated rings. The number of nitrogens with one attached hydrogen (secondary N) is 3. The SMILES string of the molecule is Cc1n[nH]c(C)c1-c1ccc(NC(=O)[C@@H](NC(=O)c2cnnn2C(C)C)C(C2CCCCC2)C2CCCCC2)nc1F. The van der Waals surface area contributed by atoms with Gasteiger partial charge in [-0.25, -0.2) is 9.67 Å². The first kappa shape index (κ1) is 29.8. The molecule has 2 aliphatic rings. The third-order valence-corrected chi connectivity index (χ3v) is 9.14. The fraction of sp³-hybridized carbons (Fsp3) is 0.613. The van der Waals surface area contributed by atoms with E-state index in [1.54, 1.807) is 23.7 Å². The van der Waals surface area contributed by atoms with E-state index in [9.17, 15) is 9.59 Å². The van der Waals surface area contributed by atoms with Crippen molar-refractivity contribution < 1.29 is 14.0 Å². The summed E-state index contributed by atoms with van der Waals surface area (Å²) in [4.78, 5) is 31.9. The number of hydrogen-bond acceptors (Lipinski definition) is 6. The maximum absolute atomic E-state index is 15.3. The Hall–Kier alpha value is -3.63. The minimum absolute atomic E-state index is 0.0294. The summed E-state index contributed by atoms with van der Waals surface area (Å²) >= 11 is 0. The summed E-state index contributed by atoms with van der Waals surface area (Å²) in [6, 6.07) is 2.35. The van der Waals surface area contributed by atoms with E-state index in [2.05, 4.69) is 36.1 Å². The molecule has 42 heavy (non-hydrogen) atoms. The fourth-order valence-electron chi connectivity index (χ4n) is 7.15. The maximum Gasteiger partial charge on any atom is 0.271 e. The first-order chi connectivity index (χ1) is 20.2. The molecule has 3 aromatic heterocycles. The van der Waals surface area contributed by atoms with Gasteiger partial charge in [0.25, 0.3) is 5.91 Å². The molecule has 0 unspecified atom stereocenters. The zero-order valence-electron chi connectivity index (χ0n) is 25.1. The van der Waals surface area contributed by atoms with Crippen molar-refractivity contribution in [3.05, 3.63) is 41.4 Å². The molecular formula is C31H43FN8O2. The topological polar surface area (TPSA) is 130 Å². The molecule has 0 radical (unpaired) electrons. The summed E-state index contributed by atoms with van der Waals surface area (Å²) in [5.74, 6) is -0.717. The summed E-state index contributed by atoms with van der Waals surface area (Å²) in [5.41, 5.74) is 2.70. The van der Waals surface area contributed by atoms with Gasteiger partial charge in [0.1, 0.15) is 17.6 Å². The van der Waals surface area contributed by atoms with Gasteiger partial charge in [0, 0.05) is 22.9 Å². The maximum atomic E-state index is 15.3. The number of carbonyl (C=O) groups excluding carboxylic acids is 2. The zero-order valence-corrected chi connectivity index (χ0v) is 25.1. The van der Waals surface area contributed by atoms with Crippen LogP contribution in [-0.2, 0) is 4.79 Å². The Morgan fingerprint density at radius 3 is 2.19 bits per heavy atom. The number of pyridine rings is 1. The number of hydrogen-bond donors (Lipinski definition) is 3. The molecule has 1 atom stereocenters. The van der Waals surface area contributed by atoms with Gasteiger partial charge in [-0.2, -0.15) is 9.49 Å². The number of amides is 2. The average molecular weight is 579 g/mol. The van der Waals surface area contributed by atoms with E-state index in [0.717, 1.165) is 57.1 Å². The smallest absolute Gasteiger partial charge is 0.271 e. The van der Waals surface area contributed by atoms with Crippen molar-refractivity contribution in [3.8, 4) is 11.1 Å². The molecule has 3 heterocycles. The van der Waals surface area contributed by atoms with Gasteiger partial charge in [0.15, 0.2) is 0 Å². The quantitative estimate of drug-likeness (QED) is 0.271. The Morgan fingerprint density at radius 2 is 1.64 bits per heavy atom. The minimum Gasteiger partial charge on any atom is -0.339 e. The monoisotopic (exact) mass is 578 g/mol. The lowest BCUT2D eigenvalue weighted by molar-refractivity contribution is -0.121. The second-order valence-corrected chi connectivity index (χ2v) is 12.3. The van der Waals surface area contributed by atoms with Crippen LogP contribution in [0.3, 0.4) is 0 Å². The molecule has 2 saturated carbocycles. The van der Waals surface area contributed by atoms with Gasteiger partial charge < -0.3 is 10.6 Å². The van der Waals surface area contributed by atoms with E-state index in [0.29, 0.717) is 34.4 Å². The zero-order chi connectivity index (χ0) is 29.8. The number of carbonyl (C=O) groups is 2. The van der Waals surface area contributed by atoms with Gasteiger partial charge >= 0.3 is 0 Å². The van der Waals surface area contributed by atoms with Gasteiger partial charge in [-0.1, -0.05) is 69.4 Å². The third-order valence-electron chi connectivity index (χ3n) is 9.14. The number of H-pyrrole nitrogens is 1. The summed E-state index contributed by atoms with van der Waals surface area (Å²) in [6.07, 6.45) is 12.5. The number of anilines is 1. The molecule has 226 valence electrons. The largest absolute Gasteiger partial charge is 0.339 e. The van der Waals surface area contributed by atoms with Crippen LogP contribution in [0.4, 0.5) is 10.2 Å². The number of nitrogens with zero attached hydrogens (tertiary/aromatic N) is 5. The van der Waals surface area contributed by atoms with Crippen LogP contribution >= 0.6 is 0 Å². The number of aromatic amines is 1. The minimum atomic E-state index is -0.804. The van der Waals surface area contributed by atoms with Gasteiger partial charge in [-0.05, 0) is 57.6 Å². The molecule has 5 rings (SSSR count). The van der Waals surface area contributed by atoms with E-state index in [1.807, 2.05) is 20.8 Å². The van der Waals surface area contributed by atoms with Crippen LogP contribution in [0.1, 0.15) is 106 Å². The molecule has 0 aromatic carbocycles. The first-order valence-electron chi connectivity index (χ1n) is 15.4. The Labute approximate surface area is 246 Å². The summed E-state index contributed by atoms with van der Waals surface area (Å²) in [6.45, 7) is 7.49. The van der Waals surface area contributed by atoms with E-state index < -0.39 is 12.0 Å². The highest BCUT2D eigenvalue weighted by molar-refractivity contribution is 6.00. The van der Waals surface area contributed by atoms with Crippen LogP contribution in [-0.4, -0.2) is 48.0 Å². The lowest BCUT2D eigenvalue weighted by atomic mass is 9.66. The van der Waals surface area contributed by atoms with Crippen LogP contribution in [0.25, 0.3) is 11.1 Å². The van der Waals surface area contributed by atoms with E-state index in [1.165, 1.54) is 19.0 Å². The van der Waals surface area contributed by atoms with Gasteiger partial charge in [0.05, 0.1) is 11.9 Å². The molecular weight excluding hydrogens is 535 g/mol. The van der Waals surface area contributed by atoms with Crippen molar-refractivity contribution in [3.63, 3.8) is 0 Å². The Kier molecular flexibility index (Phi) is 9.33. The Morgan fingerprint density at radius 1 is 1.00 bits per heavy atom. The molecule has 0 spiro atoms. The van der Waals surface area contributed by atoms with Crippen molar-refractivity contribution in [1.82, 2.24) is 35.5 Å². The number of halogens is 1. The summed E-state index contributed by atoms with van der Waals surface area (Å²) in [5, 5.41) is 21.0. The normalized spacial score (nSPS) is 17.5. The van der Waals surface area contributed by atoms with Crippen molar-refractivity contribution in [2.45, 2.75) is 104 Å². The van der Waals surface area contributed by atoms with Gasteiger partial charge in [0.2, 0.25) is 11.9 Å². The number of aromatic nitrogens is 6. The molecule has 0 saturated heterocycles. The second-order valence-electron chi connectivity index (χ2n) is 12.3. The van der Waals surface area contributed by atoms with Crippen LogP contribution in [0.2, 0.25) is 0 Å². The molecule has 0 aliphatic heterocycles. The highest BCUT2D eigenvalue weighted by Gasteiger charge is 2.41. The average Bonchev–Trinajstić information content (AvgIpc) is 3.61. The Balaban J connectivity index is 1.46. The first-order valence-corrected chi connectivity index (χ1v) is 15.4. The molecule has 10 nitrogen and oxygen atoms in total. The van der Waals surface area contributed by atoms with Crippen LogP contribution in [0.15, 0.2) is 18.3 Å². The predicted octanol–water partition coefficient (Wildman–Crippen LogP) is 5.91.